The van der Waals surface area contributed by atoms with Crippen LogP contribution in [0.15, 0.2) is 11.8 Å². The van der Waals surface area contributed by atoms with Crippen molar-refractivity contribution in [2.75, 3.05) is 0 Å². The molecule has 12 heavy (non-hydrogen) atoms. The van der Waals surface area contributed by atoms with Crippen molar-refractivity contribution in [3.8, 4) is 0 Å². The van der Waals surface area contributed by atoms with E-state index in [1.165, 1.54) is 0 Å². The molecule has 1 aliphatic heterocycles. The molecule has 0 aromatic heterocycles. The Hall–Kier alpha value is -0.640. The fourth-order valence-electron chi connectivity index (χ4n) is 1.09. The molecule has 1 atom stereocenters. The fraction of sp³-hybridized carbons (Fsp3) is 0.625. The zero-order valence-electron chi connectivity index (χ0n) is 7.53. The van der Waals surface area contributed by atoms with Crippen LogP contribution in [0.5, 0.6) is 0 Å². The first-order valence-corrected chi connectivity index (χ1v) is 4.49. The molecule has 0 spiro atoms. The number of nitrogens with one attached hydrogen (secondary N) is 1. The van der Waals surface area contributed by atoms with E-state index in [0.29, 0.717) is 6.04 Å². The number of thiol groups is 1. The van der Waals surface area contributed by atoms with Crippen LogP contribution in [0.4, 0.5) is 0 Å². The number of rotatable bonds is 1. The normalized spacial score (nSPS) is 24.1. The lowest BCUT2D eigenvalue weighted by molar-refractivity contribution is -0.119. The molecule has 0 radical (unpaired) electrons. The Morgan fingerprint density at radius 3 is 2.75 bits per heavy atom. The maximum absolute atomic E-state index is 11.1. The average molecular weight is 186 g/mol. The van der Waals surface area contributed by atoms with Crippen molar-refractivity contribution in [3.63, 3.8) is 0 Å². The van der Waals surface area contributed by atoms with Gasteiger partial charge in [-0.2, -0.15) is 0 Å². The van der Waals surface area contributed by atoms with E-state index in [1.807, 2.05) is 11.1 Å². The summed E-state index contributed by atoms with van der Waals surface area (Å²) >= 11 is 4.24. The minimum Gasteiger partial charge on any atom is -0.346 e. The molecule has 0 fully saturated rings. The third-order valence-corrected chi connectivity index (χ3v) is 2.24. The van der Waals surface area contributed by atoms with Gasteiger partial charge in [0.1, 0.15) is 5.50 Å². The molecule has 0 aromatic carbocycles. The van der Waals surface area contributed by atoms with Crippen LogP contribution in [0.25, 0.3) is 0 Å². The topological polar surface area (TPSA) is 32.3 Å². The number of carbonyl (C=O) groups is 1. The van der Waals surface area contributed by atoms with E-state index in [9.17, 15) is 4.79 Å². The monoisotopic (exact) mass is 186 g/mol. The Bertz CT molecular complexity index is 225. The van der Waals surface area contributed by atoms with Gasteiger partial charge in [-0.05, 0) is 20.8 Å². The predicted octanol–water partition coefficient (Wildman–Crippen LogP) is 0.944. The molecule has 0 saturated carbocycles. The third-order valence-electron chi connectivity index (χ3n) is 1.84. The fourth-order valence-corrected chi connectivity index (χ4v) is 1.54. The number of nitrogens with zero attached hydrogens (tertiary/aromatic N) is 1. The van der Waals surface area contributed by atoms with Gasteiger partial charge >= 0.3 is 0 Å². The van der Waals surface area contributed by atoms with Crippen LogP contribution in [-0.4, -0.2) is 22.3 Å². The molecule has 4 heteroatoms. The molecule has 3 nitrogen and oxygen atoms in total. The van der Waals surface area contributed by atoms with E-state index >= 15 is 0 Å². The summed E-state index contributed by atoms with van der Waals surface area (Å²) in [6, 6.07) is 0.350. The van der Waals surface area contributed by atoms with Crippen molar-refractivity contribution in [2.45, 2.75) is 32.3 Å². The van der Waals surface area contributed by atoms with Crippen molar-refractivity contribution in [3.05, 3.63) is 11.8 Å². The van der Waals surface area contributed by atoms with Crippen LogP contribution in [0.1, 0.15) is 20.8 Å². The van der Waals surface area contributed by atoms with Gasteiger partial charge in [0.2, 0.25) is 0 Å². The second-order valence-electron chi connectivity index (χ2n) is 3.20. The van der Waals surface area contributed by atoms with Gasteiger partial charge in [-0.15, -0.1) is 12.6 Å². The maximum atomic E-state index is 11.1. The van der Waals surface area contributed by atoms with Crippen molar-refractivity contribution < 1.29 is 4.79 Å². The summed E-state index contributed by atoms with van der Waals surface area (Å²) in [7, 11) is 0. The van der Waals surface area contributed by atoms with Gasteiger partial charge in [0.25, 0.3) is 5.91 Å². The minimum absolute atomic E-state index is 0.0353. The van der Waals surface area contributed by atoms with E-state index in [-0.39, 0.29) is 11.4 Å². The quantitative estimate of drug-likeness (QED) is 0.597. The summed E-state index contributed by atoms with van der Waals surface area (Å²) in [5, 5.41) is 2.74. The Morgan fingerprint density at radius 2 is 2.25 bits per heavy atom. The van der Waals surface area contributed by atoms with E-state index in [2.05, 4.69) is 31.8 Å². The lowest BCUT2D eigenvalue weighted by Crippen LogP contribution is -2.49. The summed E-state index contributed by atoms with van der Waals surface area (Å²) in [4.78, 5) is 13.1. The number of amides is 1. The summed E-state index contributed by atoms with van der Waals surface area (Å²) in [5.41, 5.74) is 0.537. The Morgan fingerprint density at radius 1 is 1.67 bits per heavy atom. The molecule has 1 rings (SSSR count). The lowest BCUT2D eigenvalue weighted by atomic mass is 10.2. The summed E-state index contributed by atoms with van der Waals surface area (Å²) in [6.45, 7) is 5.92. The van der Waals surface area contributed by atoms with Crippen LogP contribution in [-0.2, 0) is 4.79 Å². The summed E-state index contributed by atoms with van der Waals surface area (Å²) in [6.07, 6.45) is 1.85. The lowest BCUT2D eigenvalue weighted by Gasteiger charge is -2.35. The Labute approximate surface area is 78.2 Å². The van der Waals surface area contributed by atoms with Crippen molar-refractivity contribution in [1.82, 2.24) is 10.2 Å². The summed E-state index contributed by atoms with van der Waals surface area (Å²) < 4.78 is 0. The molecule has 0 saturated heterocycles. The molecule has 1 heterocycles. The van der Waals surface area contributed by atoms with Crippen molar-refractivity contribution in [2.24, 2.45) is 0 Å². The van der Waals surface area contributed by atoms with E-state index in [1.54, 1.807) is 6.92 Å². The minimum atomic E-state index is -0.193. The molecular formula is C8H14N2OS. The standard InChI is InChI=1S/C8H14N2OS/c1-5(2)10-4-6(3)7(11)9-8(10)12/h4-5,8,12H,1-3H3,(H,9,11). The second kappa shape index (κ2) is 3.39. The van der Waals surface area contributed by atoms with Gasteiger partial charge in [-0.3, -0.25) is 4.79 Å². The smallest absolute Gasteiger partial charge is 0.250 e. The molecule has 0 aliphatic carbocycles. The highest BCUT2D eigenvalue weighted by molar-refractivity contribution is 7.80. The second-order valence-corrected chi connectivity index (χ2v) is 3.69. The average Bonchev–Trinajstić information content (AvgIpc) is 1.96. The Kier molecular flexibility index (Phi) is 2.67. The largest absolute Gasteiger partial charge is 0.346 e. The van der Waals surface area contributed by atoms with Crippen LogP contribution in [0, 0.1) is 0 Å². The van der Waals surface area contributed by atoms with Gasteiger partial charge < -0.3 is 10.2 Å². The van der Waals surface area contributed by atoms with Crippen LogP contribution < -0.4 is 5.32 Å². The van der Waals surface area contributed by atoms with Crippen LogP contribution in [0.3, 0.4) is 0 Å². The molecule has 68 valence electrons. The SMILES string of the molecule is CC1=CN(C(C)C)C(S)NC1=O. The van der Waals surface area contributed by atoms with E-state index in [4.69, 9.17) is 0 Å². The van der Waals surface area contributed by atoms with Crippen LogP contribution >= 0.6 is 12.6 Å². The third kappa shape index (κ3) is 1.75. The van der Waals surface area contributed by atoms with Crippen LogP contribution in [0.2, 0.25) is 0 Å². The predicted molar refractivity (Wildman–Crippen MR) is 51.6 cm³/mol. The first-order valence-electron chi connectivity index (χ1n) is 3.97. The van der Waals surface area contributed by atoms with Crippen molar-refractivity contribution in [1.29, 1.82) is 0 Å². The molecule has 1 amide bonds. The number of carbonyl (C=O) groups excluding carboxylic acids is 1. The molecule has 0 aromatic rings. The molecular weight excluding hydrogens is 172 g/mol. The van der Waals surface area contributed by atoms with E-state index < -0.39 is 0 Å². The first kappa shape index (κ1) is 9.45. The van der Waals surface area contributed by atoms with Gasteiger partial charge in [-0.1, -0.05) is 0 Å². The maximum Gasteiger partial charge on any atom is 0.250 e. The summed E-state index contributed by atoms with van der Waals surface area (Å²) in [5.74, 6) is -0.0353. The highest BCUT2D eigenvalue weighted by atomic mass is 32.1. The van der Waals surface area contributed by atoms with Gasteiger partial charge in [0, 0.05) is 17.8 Å². The number of hydrogen-bond donors (Lipinski definition) is 2. The zero-order valence-corrected chi connectivity index (χ0v) is 8.43. The molecule has 1 unspecified atom stereocenters. The Balaban J connectivity index is 2.83. The molecule has 1 aliphatic rings. The van der Waals surface area contributed by atoms with Gasteiger partial charge in [-0.25, -0.2) is 0 Å². The first-order chi connectivity index (χ1) is 5.52. The van der Waals surface area contributed by atoms with Crippen molar-refractivity contribution >= 4 is 18.5 Å². The number of hydrogen-bond acceptors (Lipinski definition) is 3. The van der Waals surface area contributed by atoms with Gasteiger partial charge in [0.15, 0.2) is 0 Å². The zero-order chi connectivity index (χ0) is 9.30. The van der Waals surface area contributed by atoms with E-state index in [0.717, 1.165) is 5.57 Å². The highest BCUT2D eigenvalue weighted by Crippen LogP contribution is 2.14. The highest BCUT2D eigenvalue weighted by Gasteiger charge is 2.22. The molecule has 0 bridgehead atoms. The molecule has 1 N–H and O–H groups in total. The van der Waals surface area contributed by atoms with Gasteiger partial charge in [0.05, 0.1) is 0 Å².